The number of hydrogen-bond acceptors (Lipinski definition) is 2. The summed E-state index contributed by atoms with van der Waals surface area (Å²) < 4.78 is 2.07. The second kappa shape index (κ2) is 5.57. The van der Waals surface area contributed by atoms with E-state index in [2.05, 4.69) is 52.5 Å². The molecule has 1 aliphatic heterocycles. The zero-order valence-corrected chi connectivity index (χ0v) is 11.5. The van der Waals surface area contributed by atoms with Crippen LogP contribution in [0.4, 0.5) is 0 Å². The molecule has 1 N–H and O–H groups in total. The number of nitrogens with one attached hydrogen (secondary N) is 1. The monoisotopic (exact) mass is 255 g/mol. The van der Waals surface area contributed by atoms with Crippen LogP contribution in [0, 0.1) is 0 Å². The largest absolute Gasteiger partial charge is 0.316 e. The molecule has 0 aliphatic carbocycles. The molecule has 0 saturated carbocycles. The van der Waals surface area contributed by atoms with Crippen LogP contribution in [0.25, 0.3) is 0 Å². The molecule has 2 heterocycles. The lowest BCUT2D eigenvalue weighted by molar-refractivity contribution is 0.439. The molecule has 0 radical (unpaired) electrons. The molecule has 0 bridgehead atoms. The lowest BCUT2D eigenvalue weighted by Gasteiger charge is -2.24. The molecule has 1 atom stereocenters. The molecular weight excluding hydrogens is 234 g/mol. The Labute approximate surface area is 114 Å². The van der Waals surface area contributed by atoms with Gasteiger partial charge < -0.3 is 5.32 Å². The second-order valence-corrected chi connectivity index (χ2v) is 5.38. The molecule has 1 saturated heterocycles. The number of piperidine rings is 1. The van der Waals surface area contributed by atoms with Gasteiger partial charge in [-0.15, -0.1) is 0 Å². The highest BCUT2D eigenvalue weighted by Gasteiger charge is 2.21. The van der Waals surface area contributed by atoms with E-state index in [1.54, 1.807) is 0 Å². The summed E-state index contributed by atoms with van der Waals surface area (Å²) in [5, 5.41) is 7.98. The summed E-state index contributed by atoms with van der Waals surface area (Å²) in [4.78, 5) is 0. The molecule has 1 aromatic carbocycles. The first-order valence-corrected chi connectivity index (χ1v) is 7.10. The third kappa shape index (κ3) is 2.71. The van der Waals surface area contributed by atoms with Crippen molar-refractivity contribution >= 4 is 0 Å². The van der Waals surface area contributed by atoms with Crippen molar-refractivity contribution < 1.29 is 0 Å². The Kier molecular flexibility index (Phi) is 3.65. The van der Waals surface area contributed by atoms with Gasteiger partial charge in [0, 0.05) is 31.6 Å². The molecule has 100 valence electrons. The van der Waals surface area contributed by atoms with Crippen LogP contribution < -0.4 is 5.32 Å². The number of benzene rings is 1. The summed E-state index contributed by atoms with van der Waals surface area (Å²) in [6.07, 6.45) is 5.56. The fourth-order valence-electron chi connectivity index (χ4n) is 3.06. The zero-order valence-electron chi connectivity index (χ0n) is 11.5. The van der Waals surface area contributed by atoms with Crippen molar-refractivity contribution in [3.63, 3.8) is 0 Å². The van der Waals surface area contributed by atoms with E-state index in [0.717, 1.165) is 19.5 Å². The van der Waals surface area contributed by atoms with E-state index in [4.69, 9.17) is 0 Å². The molecule has 3 nitrogen and oxygen atoms in total. The van der Waals surface area contributed by atoms with Crippen molar-refractivity contribution in [2.24, 2.45) is 7.05 Å². The average Bonchev–Trinajstić information content (AvgIpc) is 2.82. The maximum Gasteiger partial charge on any atom is 0.0528 e. The van der Waals surface area contributed by atoms with E-state index >= 15 is 0 Å². The van der Waals surface area contributed by atoms with Gasteiger partial charge in [0.05, 0.1) is 6.20 Å². The summed E-state index contributed by atoms with van der Waals surface area (Å²) in [5.41, 5.74) is 4.15. The Bertz CT molecular complexity index is 524. The first kappa shape index (κ1) is 12.4. The second-order valence-electron chi connectivity index (χ2n) is 5.38. The van der Waals surface area contributed by atoms with Crippen molar-refractivity contribution in [2.45, 2.75) is 25.2 Å². The highest BCUT2D eigenvalue weighted by molar-refractivity contribution is 5.30. The molecule has 1 aromatic heterocycles. The van der Waals surface area contributed by atoms with Crippen LogP contribution in [0.15, 0.2) is 36.5 Å². The van der Waals surface area contributed by atoms with Crippen molar-refractivity contribution in [1.82, 2.24) is 15.1 Å². The summed E-state index contributed by atoms with van der Waals surface area (Å²) >= 11 is 0. The number of nitrogens with zero attached hydrogens (tertiary/aromatic N) is 2. The standard InChI is InChI=1S/C16H21N3/c1-19-16(14-8-5-9-17-11-14)15(12-18-19)10-13-6-3-2-4-7-13/h2-4,6-7,12,14,17H,5,8-11H2,1H3. The van der Waals surface area contributed by atoms with Crippen molar-refractivity contribution in [3.05, 3.63) is 53.3 Å². The molecule has 19 heavy (non-hydrogen) atoms. The van der Waals surface area contributed by atoms with E-state index in [-0.39, 0.29) is 0 Å². The Balaban J connectivity index is 1.85. The zero-order chi connectivity index (χ0) is 13.1. The van der Waals surface area contributed by atoms with E-state index in [9.17, 15) is 0 Å². The lowest BCUT2D eigenvalue weighted by Crippen LogP contribution is -2.30. The SMILES string of the molecule is Cn1ncc(Cc2ccccc2)c1C1CCCNC1. The Morgan fingerprint density at radius 3 is 2.89 bits per heavy atom. The predicted octanol–water partition coefficient (Wildman–Crippen LogP) is 2.48. The van der Waals surface area contributed by atoms with Gasteiger partial charge in [-0.05, 0) is 30.5 Å². The van der Waals surface area contributed by atoms with E-state index in [0.29, 0.717) is 5.92 Å². The van der Waals surface area contributed by atoms with Gasteiger partial charge in [-0.1, -0.05) is 30.3 Å². The summed E-state index contributed by atoms with van der Waals surface area (Å²) in [6.45, 7) is 2.24. The van der Waals surface area contributed by atoms with E-state index in [1.807, 2.05) is 6.20 Å². The van der Waals surface area contributed by atoms with Crippen LogP contribution in [-0.2, 0) is 13.5 Å². The van der Waals surface area contributed by atoms with Gasteiger partial charge in [-0.25, -0.2) is 0 Å². The average molecular weight is 255 g/mol. The molecule has 1 aliphatic rings. The smallest absolute Gasteiger partial charge is 0.0528 e. The summed E-state index contributed by atoms with van der Waals surface area (Å²) in [6, 6.07) is 10.7. The van der Waals surface area contributed by atoms with Crippen LogP contribution in [0.1, 0.15) is 35.6 Å². The third-order valence-corrected chi connectivity index (χ3v) is 3.99. The number of aromatic nitrogens is 2. The number of hydrogen-bond donors (Lipinski definition) is 1. The minimum atomic E-state index is 0.611. The molecule has 1 fully saturated rings. The van der Waals surface area contributed by atoms with Gasteiger partial charge in [0.1, 0.15) is 0 Å². The molecule has 1 unspecified atom stereocenters. The number of rotatable bonds is 3. The minimum Gasteiger partial charge on any atom is -0.316 e. The van der Waals surface area contributed by atoms with Crippen LogP contribution in [0.2, 0.25) is 0 Å². The maximum absolute atomic E-state index is 4.48. The van der Waals surface area contributed by atoms with Gasteiger partial charge in [-0.2, -0.15) is 5.10 Å². The molecule has 3 heteroatoms. The Morgan fingerprint density at radius 1 is 1.32 bits per heavy atom. The quantitative estimate of drug-likeness (QED) is 0.913. The van der Waals surface area contributed by atoms with Crippen molar-refractivity contribution in [3.8, 4) is 0 Å². The maximum atomic E-state index is 4.48. The van der Waals surface area contributed by atoms with Crippen molar-refractivity contribution in [2.75, 3.05) is 13.1 Å². The van der Waals surface area contributed by atoms with Gasteiger partial charge >= 0.3 is 0 Å². The fourth-order valence-corrected chi connectivity index (χ4v) is 3.06. The van der Waals surface area contributed by atoms with Crippen LogP contribution in [0.5, 0.6) is 0 Å². The first-order chi connectivity index (χ1) is 9.34. The predicted molar refractivity (Wildman–Crippen MR) is 77.3 cm³/mol. The first-order valence-electron chi connectivity index (χ1n) is 7.10. The van der Waals surface area contributed by atoms with Gasteiger partial charge in [-0.3, -0.25) is 4.68 Å². The molecule has 0 spiro atoms. The summed E-state index contributed by atoms with van der Waals surface area (Å²) in [5.74, 6) is 0.611. The highest BCUT2D eigenvalue weighted by Crippen LogP contribution is 2.27. The van der Waals surface area contributed by atoms with Crippen LogP contribution in [0.3, 0.4) is 0 Å². The highest BCUT2D eigenvalue weighted by atomic mass is 15.3. The number of aryl methyl sites for hydroxylation is 1. The van der Waals surface area contributed by atoms with Gasteiger partial charge in [0.15, 0.2) is 0 Å². The van der Waals surface area contributed by atoms with Crippen molar-refractivity contribution in [1.29, 1.82) is 0 Å². The van der Waals surface area contributed by atoms with Crippen LogP contribution in [-0.4, -0.2) is 22.9 Å². The van der Waals surface area contributed by atoms with Gasteiger partial charge in [0.25, 0.3) is 0 Å². The minimum absolute atomic E-state index is 0.611. The topological polar surface area (TPSA) is 29.9 Å². The molecular formula is C16H21N3. The fraction of sp³-hybridized carbons (Fsp3) is 0.438. The lowest BCUT2D eigenvalue weighted by atomic mass is 9.91. The Hall–Kier alpha value is -1.61. The Morgan fingerprint density at radius 2 is 2.16 bits per heavy atom. The normalized spacial score (nSPS) is 19.5. The molecule has 0 amide bonds. The molecule has 2 aromatic rings. The van der Waals surface area contributed by atoms with E-state index < -0.39 is 0 Å². The summed E-state index contributed by atoms with van der Waals surface area (Å²) in [7, 11) is 2.07. The third-order valence-electron chi connectivity index (χ3n) is 3.99. The van der Waals surface area contributed by atoms with Gasteiger partial charge in [0.2, 0.25) is 0 Å². The van der Waals surface area contributed by atoms with E-state index in [1.165, 1.54) is 29.7 Å². The molecule has 3 rings (SSSR count). The van der Waals surface area contributed by atoms with Crippen LogP contribution >= 0.6 is 0 Å².